The van der Waals surface area contributed by atoms with Gasteiger partial charge in [-0.2, -0.15) is 0 Å². The molecular weight excluding hydrogens is 172 g/mol. The van der Waals surface area contributed by atoms with Crippen LogP contribution in [-0.2, 0) is 0 Å². The van der Waals surface area contributed by atoms with Crippen LogP contribution in [0.5, 0.6) is 0 Å². The van der Waals surface area contributed by atoms with Crippen molar-refractivity contribution in [1.82, 2.24) is 5.43 Å². The minimum atomic E-state index is 0.429. The van der Waals surface area contributed by atoms with Crippen molar-refractivity contribution in [3.63, 3.8) is 0 Å². The number of rotatable bonds is 4. The molecule has 0 radical (unpaired) electrons. The van der Waals surface area contributed by atoms with E-state index >= 15 is 0 Å². The van der Waals surface area contributed by atoms with Crippen LogP contribution in [0.3, 0.4) is 0 Å². The summed E-state index contributed by atoms with van der Waals surface area (Å²) in [5.74, 6) is 5.59. The van der Waals surface area contributed by atoms with E-state index in [1.165, 1.54) is 51.4 Å². The molecule has 0 heterocycles. The third-order valence-electron chi connectivity index (χ3n) is 3.05. The van der Waals surface area contributed by atoms with Gasteiger partial charge in [-0.05, 0) is 32.1 Å². The lowest BCUT2D eigenvalue weighted by Crippen LogP contribution is -2.36. The normalized spacial score (nSPS) is 20.9. The minimum absolute atomic E-state index is 0.429. The van der Waals surface area contributed by atoms with Crippen LogP contribution in [0.2, 0.25) is 0 Å². The van der Waals surface area contributed by atoms with E-state index in [4.69, 9.17) is 5.84 Å². The van der Waals surface area contributed by atoms with Gasteiger partial charge in [0.2, 0.25) is 0 Å². The molecule has 1 aliphatic carbocycles. The summed E-state index contributed by atoms with van der Waals surface area (Å²) in [5, 5.41) is 0. The van der Waals surface area contributed by atoms with E-state index < -0.39 is 0 Å². The third-order valence-corrected chi connectivity index (χ3v) is 3.05. The van der Waals surface area contributed by atoms with E-state index in [2.05, 4.69) is 18.4 Å². The first-order valence-corrected chi connectivity index (χ1v) is 6.03. The molecule has 0 aromatic carbocycles. The summed E-state index contributed by atoms with van der Waals surface area (Å²) >= 11 is 0. The van der Waals surface area contributed by atoms with Crippen LogP contribution in [0, 0.1) is 0 Å². The van der Waals surface area contributed by atoms with Gasteiger partial charge in [-0.25, -0.2) is 0 Å². The molecule has 0 bridgehead atoms. The number of allylic oxidation sites excluding steroid dienone is 1. The number of nitrogens with one attached hydrogen (secondary N) is 1. The maximum Gasteiger partial charge on any atom is 0.0419 e. The first-order chi connectivity index (χ1) is 6.88. The van der Waals surface area contributed by atoms with Crippen molar-refractivity contribution in [2.75, 3.05) is 0 Å². The first-order valence-electron chi connectivity index (χ1n) is 6.03. The molecular formula is C12H24N2. The summed E-state index contributed by atoms with van der Waals surface area (Å²) in [6.07, 6.45) is 12.8. The van der Waals surface area contributed by atoms with Crippen LogP contribution in [0.15, 0.2) is 11.6 Å². The van der Waals surface area contributed by atoms with Crippen LogP contribution in [0.25, 0.3) is 0 Å². The fraction of sp³-hybridized carbons (Fsp3) is 0.833. The second-order valence-corrected chi connectivity index (χ2v) is 4.24. The van der Waals surface area contributed by atoms with Crippen molar-refractivity contribution in [3.05, 3.63) is 11.6 Å². The Bertz CT molecular complexity index is 175. The molecule has 1 unspecified atom stereocenters. The molecule has 3 N–H and O–H groups in total. The Balaban J connectivity index is 2.51. The Morgan fingerprint density at radius 3 is 2.86 bits per heavy atom. The van der Waals surface area contributed by atoms with Gasteiger partial charge in [-0.3, -0.25) is 11.3 Å². The largest absolute Gasteiger partial charge is 0.271 e. The van der Waals surface area contributed by atoms with Crippen molar-refractivity contribution in [2.45, 2.75) is 64.3 Å². The Hall–Kier alpha value is -0.340. The van der Waals surface area contributed by atoms with Gasteiger partial charge in [0.05, 0.1) is 0 Å². The highest BCUT2D eigenvalue weighted by atomic mass is 15.2. The van der Waals surface area contributed by atoms with Gasteiger partial charge in [0.25, 0.3) is 0 Å². The molecule has 1 rings (SSSR count). The molecule has 1 atom stereocenters. The van der Waals surface area contributed by atoms with Gasteiger partial charge in [0.1, 0.15) is 0 Å². The summed E-state index contributed by atoms with van der Waals surface area (Å²) in [7, 11) is 0. The predicted octanol–water partition coefficient (Wildman–Crippen LogP) is 2.90. The van der Waals surface area contributed by atoms with Crippen LogP contribution in [0.1, 0.15) is 58.3 Å². The standard InChI is InChI=1S/C12H24N2/c1-2-8-12(14-13)11-9-6-4-3-5-7-10-11/h9,12,14H,2-8,10,13H2,1H3. The lowest BCUT2D eigenvalue weighted by Gasteiger charge is -2.20. The van der Waals surface area contributed by atoms with Crippen molar-refractivity contribution >= 4 is 0 Å². The average Bonchev–Trinajstić information content (AvgIpc) is 2.15. The molecule has 0 aromatic rings. The van der Waals surface area contributed by atoms with Crippen molar-refractivity contribution in [2.24, 2.45) is 5.84 Å². The highest BCUT2D eigenvalue weighted by Crippen LogP contribution is 2.21. The molecule has 0 fully saturated rings. The summed E-state index contributed by atoms with van der Waals surface area (Å²) in [6.45, 7) is 2.22. The van der Waals surface area contributed by atoms with Gasteiger partial charge in [0, 0.05) is 6.04 Å². The van der Waals surface area contributed by atoms with Crippen molar-refractivity contribution in [3.8, 4) is 0 Å². The Labute approximate surface area is 87.9 Å². The molecule has 0 saturated heterocycles. The van der Waals surface area contributed by atoms with Crippen LogP contribution in [-0.4, -0.2) is 6.04 Å². The Kier molecular flexibility index (Phi) is 5.88. The lowest BCUT2D eigenvalue weighted by atomic mass is 9.93. The number of hydrogen-bond donors (Lipinski definition) is 2. The van der Waals surface area contributed by atoms with Gasteiger partial charge in [-0.1, -0.05) is 37.8 Å². The maximum absolute atomic E-state index is 5.59. The molecule has 0 aliphatic heterocycles. The molecule has 2 heteroatoms. The van der Waals surface area contributed by atoms with Crippen molar-refractivity contribution < 1.29 is 0 Å². The third kappa shape index (κ3) is 3.81. The smallest absolute Gasteiger partial charge is 0.0419 e. The molecule has 1 aliphatic rings. The van der Waals surface area contributed by atoms with Crippen LogP contribution < -0.4 is 11.3 Å². The van der Waals surface area contributed by atoms with Gasteiger partial charge in [0.15, 0.2) is 0 Å². The molecule has 0 amide bonds. The summed E-state index contributed by atoms with van der Waals surface area (Å²) in [4.78, 5) is 0. The van der Waals surface area contributed by atoms with Gasteiger partial charge >= 0.3 is 0 Å². The molecule has 0 spiro atoms. The topological polar surface area (TPSA) is 38.0 Å². The van der Waals surface area contributed by atoms with Crippen LogP contribution >= 0.6 is 0 Å². The maximum atomic E-state index is 5.59. The van der Waals surface area contributed by atoms with E-state index in [0.717, 1.165) is 0 Å². The Morgan fingerprint density at radius 1 is 1.36 bits per heavy atom. The SMILES string of the molecule is CCCC(NN)C1=CCCCCCC1. The minimum Gasteiger partial charge on any atom is -0.271 e. The molecule has 82 valence electrons. The predicted molar refractivity (Wildman–Crippen MR) is 61.8 cm³/mol. The average molecular weight is 196 g/mol. The first kappa shape index (κ1) is 11.7. The van der Waals surface area contributed by atoms with E-state index in [-0.39, 0.29) is 0 Å². The summed E-state index contributed by atoms with van der Waals surface area (Å²) in [6, 6.07) is 0.429. The summed E-state index contributed by atoms with van der Waals surface area (Å²) in [5.41, 5.74) is 4.50. The number of hydrogen-bond acceptors (Lipinski definition) is 2. The molecule has 0 saturated carbocycles. The van der Waals surface area contributed by atoms with Gasteiger partial charge in [-0.15, -0.1) is 0 Å². The monoisotopic (exact) mass is 196 g/mol. The zero-order valence-electron chi connectivity index (χ0n) is 9.39. The molecule has 2 nitrogen and oxygen atoms in total. The zero-order chi connectivity index (χ0) is 10.2. The summed E-state index contributed by atoms with van der Waals surface area (Å²) < 4.78 is 0. The Morgan fingerprint density at radius 2 is 2.14 bits per heavy atom. The molecule has 0 aromatic heterocycles. The number of hydrazine groups is 1. The lowest BCUT2D eigenvalue weighted by molar-refractivity contribution is 0.509. The highest BCUT2D eigenvalue weighted by Gasteiger charge is 2.12. The highest BCUT2D eigenvalue weighted by molar-refractivity contribution is 5.11. The second-order valence-electron chi connectivity index (χ2n) is 4.24. The fourth-order valence-electron chi connectivity index (χ4n) is 2.20. The fourth-order valence-corrected chi connectivity index (χ4v) is 2.20. The van der Waals surface area contributed by atoms with E-state index in [1.807, 2.05) is 0 Å². The second kappa shape index (κ2) is 7.02. The molecule has 14 heavy (non-hydrogen) atoms. The van der Waals surface area contributed by atoms with Crippen LogP contribution in [0.4, 0.5) is 0 Å². The van der Waals surface area contributed by atoms with E-state index in [9.17, 15) is 0 Å². The van der Waals surface area contributed by atoms with Crippen molar-refractivity contribution in [1.29, 1.82) is 0 Å². The number of nitrogens with two attached hydrogens (primary N) is 1. The van der Waals surface area contributed by atoms with E-state index in [1.54, 1.807) is 5.57 Å². The van der Waals surface area contributed by atoms with Gasteiger partial charge < -0.3 is 0 Å². The van der Waals surface area contributed by atoms with E-state index in [0.29, 0.717) is 6.04 Å². The quantitative estimate of drug-likeness (QED) is 0.412. The zero-order valence-corrected chi connectivity index (χ0v) is 9.39.